The number of urea groups is 1. The monoisotopic (exact) mass is 468 g/mol. The van der Waals surface area contributed by atoms with Crippen LogP contribution in [0.25, 0.3) is 10.9 Å². The van der Waals surface area contributed by atoms with Gasteiger partial charge in [0.2, 0.25) is 11.4 Å². The molecule has 0 aliphatic heterocycles. The number of halogens is 3. The number of hydrogen-bond donors (Lipinski definition) is 3. The first-order valence-corrected chi connectivity index (χ1v) is 10.2. The molecule has 0 bridgehead atoms. The lowest BCUT2D eigenvalue weighted by Crippen LogP contribution is -2.28. The summed E-state index contributed by atoms with van der Waals surface area (Å²) in [7, 11) is 0. The zero-order valence-corrected chi connectivity index (χ0v) is 17.6. The van der Waals surface area contributed by atoms with Gasteiger partial charge in [0.05, 0.1) is 11.2 Å². The summed E-state index contributed by atoms with van der Waals surface area (Å²) in [6.45, 7) is -0.106. The first-order chi connectivity index (χ1) is 16.3. The molecule has 0 spiro atoms. The molecule has 2 aromatic carbocycles. The van der Waals surface area contributed by atoms with Gasteiger partial charge in [0.15, 0.2) is 0 Å². The molecule has 0 aliphatic rings. The van der Waals surface area contributed by atoms with Crippen molar-refractivity contribution in [3.8, 4) is 5.88 Å². The van der Waals surface area contributed by atoms with E-state index in [-0.39, 0.29) is 30.2 Å². The number of alkyl halides is 3. The average Bonchev–Trinajstić information content (AvgIpc) is 2.81. The highest BCUT2D eigenvalue weighted by Crippen LogP contribution is 2.30. The third-order valence-corrected chi connectivity index (χ3v) is 4.90. The van der Waals surface area contributed by atoms with E-state index < -0.39 is 17.9 Å². The topological polar surface area (TPSA) is 96.1 Å². The van der Waals surface area contributed by atoms with Crippen molar-refractivity contribution in [1.29, 1.82) is 0 Å². The first kappa shape index (κ1) is 22.8. The summed E-state index contributed by atoms with van der Waals surface area (Å²) >= 11 is 0. The Balaban J connectivity index is 1.49. The first-order valence-electron chi connectivity index (χ1n) is 10.2. The zero-order chi connectivity index (χ0) is 24.1. The number of anilines is 1. The number of amides is 2. The van der Waals surface area contributed by atoms with E-state index in [2.05, 4.69) is 20.6 Å². The van der Waals surface area contributed by atoms with Crippen molar-refractivity contribution in [3.63, 3.8) is 0 Å². The number of ether oxygens (including phenoxy) is 1. The smallest absolute Gasteiger partial charge is 0.433 e. The van der Waals surface area contributed by atoms with Crippen molar-refractivity contribution < 1.29 is 22.7 Å². The van der Waals surface area contributed by atoms with Crippen LogP contribution < -0.4 is 20.9 Å². The predicted octanol–water partition coefficient (Wildman–Crippen LogP) is 4.84. The number of fused-ring (bicyclic) bond motifs is 1. The summed E-state index contributed by atoms with van der Waals surface area (Å²) in [6.07, 6.45) is -4.64. The molecule has 2 heterocycles. The fourth-order valence-electron chi connectivity index (χ4n) is 3.25. The number of pyridine rings is 2. The molecule has 0 saturated carbocycles. The molecular formula is C24H19F3N4O3. The molecule has 2 aromatic heterocycles. The molecule has 4 aromatic rings. The standard InChI is InChI=1S/C24H19F3N4O3/c25-24(26,27)20-11-9-16(22(31-20)34-14-15-5-2-1-3-6-15)13-28-23(33)30-19-8-4-7-18-17(19)10-12-21(32)29-18/h1-12H,13-14H2,(H,29,32)(H2,28,30,33). The number of carbonyl (C=O) groups excluding carboxylic acids is 1. The quantitative estimate of drug-likeness (QED) is 0.377. The Hall–Kier alpha value is -4.34. The molecule has 2 amide bonds. The Morgan fingerprint density at radius 2 is 1.76 bits per heavy atom. The lowest BCUT2D eigenvalue weighted by atomic mass is 10.2. The molecule has 7 nitrogen and oxygen atoms in total. The van der Waals surface area contributed by atoms with Gasteiger partial charge in [-0.05, 0) is 35.9 Å². The summed E-state index contributed by atoms with van der Waals surface area (Å²) in [5, 5.41) is 5.90. The van der Waals surface area contributed by atoms with Crippen LogP contribution in [0.4, 0.5) is 23.7 Å². The van der Waals surface area contributed by atoms with E-state index in [1.54, 1.807) is 48.5 Å². The number of nitrogens with zero attached hydrogens (tertiary/aromatic N) is 1. The molecule has 4 rings (SSSR count). The highest BCUT2D eigenvalue weighted by molar-refractivity contribution is 6.00. The van der Waals surface area contributed by atoms with Gasteiger partial charge >= 0.3 is 12.2 Å². The highest BCUT2D eigenvalue weighted by Gasteiger charge is 2.33. The Labute approximate surface area is 191 Å². The Morgan fingerprint density at radius 1 is 0.971 bits per heavy atom. The van der Waals surface area contributed by atoms with Crippen molar-refractivity contribution in [2.75, 3.05) is 5.32 Å². The zero-order valence-electron chi connectivity index (χ0n) is 17.6. The van der Waals surface area contributed by atoms with Crippen LogP contribution in [-0.4, -0.2) is 16.0 Å². The summed E-state index contributed by atoms with van der Waals surface area (Å²) in [5.74, 6) is -0.221. The van der Waals surface area contributed by atoms with E-state index in [0.717, 1.165) is 11.6 Å². The van der Waals surface area contributed by atoms with Crippen LogP contribution in [0.1, 0.15) is 16.8 Å². The van der Waals surface area contributed by atoms with E-state index in [9.17, 15) is 22.8 Å². The molecule has 174 valence electrons. The fourth-order valence-corrected chi connectivity index (χ4v) is 3.25. The van der Waals surface area contributed by atoms with E-state index in [1.165, 1.54) is 12.1 Å². The van der Waals surface area contributed by atoms with Crippen LogP contribution in [0.3, 0.4) is 0 Å². The van der Waals surface area contributed by atoms with Crippen molar-refractivity contribution in [3.05, 3.63) is 100.0 Å². The number of H-pyrrole nitrogens is 1. The number of hydrogen-bond acceptors (Lipinski definition) is 4. The number of nitrogens with one attached hydrogen (secondary N) is 3. The van der Waals surface area contributed by atoms with Gasteiger partial charge < -0.3 is 20.4 Å². The van der Waals surface area contributed by atoms with Gasteiger partial charge in [0.25, 0.3) is 0 Å². The average molecular weight is 468 g/mol. The van der Waals surface area contributed by atoms with Crippen LogP contribution in [0.15, 0.2) is 77.6 Å². The Morgan fingerprint density at radius 3 is 2.53 bits per heavy atom. The molecule has 34 heavy (non-hydrogen) atoms. The summed E-state index contributed by atoms with van der Waals surface area (Å²) in [5.41, 5.74) is 0.681. The summed E-state index contributed by atoms with van der Waals surface area (Å²) < 4.78 is 45.0. The molecule has 0 saturated heterocycles. The minimum Gasteiger partial charge on any atom is -0.473 e. The normalized spacial score (nSPS) is 11.3. The van der Waals surface area contributed by atoms with Gasteiger partial charge in [-0.25, -0.2) is 9.78 Å². The van der Waals surface area contributed by atoms with E-state index in [4.69, 9.17) is 4.74 Å². The maximum Gasteiger partial charge on any atom is 0.433 e. The van der Waals surface area contributed by atoms with Crippen LogP contribution >= 0.6 is 0 Å². The fraction of sp³-hybridized carbons (Fsp3) is 0.125. The Kier molecular flexibility index (Phi) is 6.48. The lowest BCUT2D eigenvalue weighted by Gasteiger charge is -2.15. The van der Waals surface area contributed by atoms with Gasteiger partial charge in [0.1, 0.15) is 12.3 Å². The summed E-state index contributed by atoms with van der Waals surface area (Å²) in [4.78, 5) is 30.3. The van der Waals surface area contributed by atoms with E-state index in [1.807, 2.05) is 6.07 Å². The third-order valence-electron chi connectivity index (χ3n) is 4.90. The molecule has 0 unspecified atom stereocenters. The van der Waals surface area contributed by atoms with E-state index >= 15 is 0 Å². The van der Waals surface area contributed by atoms with Gasteiger partial charge in [-0.2, -0.15) is 13.2 Å². The summed E-state index contributed by atoms with van der Waals surface area (Å²) in [6, 6.07) is 18.4. The van der Waals surface area contributed by atoms with Crippen LogP contribution in [-0.2, 0) is 19.3 Å². The van der Waals surface area contributed by atoms with Crippen LogP contribution in [0, 0.1) is 0 Å². The highest BCUT2D eigenvalue weighted by atomic mass is 19.4. The number of carbonyl (C=O) groups is 1. The SMILES string of the molecule is O=C(NCc1ccc(C(F)(F)F)nc1OCc1ccccc1)Nc1cccc2[nH]c(=O)ccc12. The van der Waals surface area contributed by atoms with Gasteiger partial charge in [-0.1, -0.05) is 36.4 Å². The second-order valence-electron chi connectivity index (χ2n) is 7.33. The van der Waals surface area contributed by atoms with Crippen LogP contribution in [0.5, 0.6) is 5.88 Å². The van der Waals surface area contributed by atoms with E-state index in [0.29, 0.717) is 16.6 Å². The van der Waals surface area contributed by atoms with Crippen molar-refractivity contribution in [2.24, 2.45) is 0 Å². The number of rotatable bonds is 6. The van der Waals surface area contributed by atoms with Gasteiger partial charge in [-0.15, -0.1) is 0 Å². The maximum atomic E-state index is 13.2. The predicted molar refractivity (Wildman–Crippen MR) is 120 cm³/mol. The lowest BCUT2D eigenvalue weighted by molar-refractivity contribution is -0.141. The third kappa shape index (κ3) is 5.52. The van der Waals surface area contributed by atoms with Crippen molar-refractivity contribution >= 4 is 22.6 Å². The molecule has 3 N–H and O–H groups in total. The van der Waals surface area contributed by atoms with Crippen molar-refractivity contribution in [1.82, 2.24) is 15.3 Å². The minimum absolute atomic E-state index is 0.0164. The van der Waals surface area contributed by atoms with Gasteiger partial charge in [0, 0.05) is 23.6 Å². The Bertz CT molecular complexity index is 1370. The molecular weight excluding hydrogens is 449 g/mol. The number of aromatic nitrogens is 2. The molecule has 0 aliphatic carbocycles. The molecule has 0 radical (unpaired) electrons. The largest absolute Gasteiger partial charge is 0.473 e. The molecule has 0 atom stereocenters. The number of aromatic amines is 1. The second kappa shape index (κ2) is 9.65. The van der Waals surface area contributed by atoms with Crippen molar-refractivity contribution in [2.45, 2.75) is 19.3 Å². The molecule has 0 fully saturated rings. The van der Waals surface area contributed by atoms with Crippen LogP contribution in [0.2, 0.25) is 0 Å². The second-order valence-corrected chi connectivity index (χ2v) is 7.33. The number of benzene rings is 2. The van der Waals surface area contributed by atoms with Gasteiger partial charge in [-0.3, -0.25) is 4.79 Å². The maximum absolute atomic E-state index is 13.2. The molecule has 10 heteroatoms. The minimum atomic E-state index is -4.64.